The summed E-state index contributed by atoms with van der Waals surface area (Å²) in [5.41, 5.74) is 6.13. The molecule has 0 spiro atoms. The average molecular weight is 372 g/mol. The number of carboxylic acid groups (broad SMARTS) is 1. The number of fused-ring (bicyclic) bond motifs is 1. The number of nitrogens with two attached hydrogens (primary N) is 1. The van der Waals surface area contributed by atoms with Crippen LogP contribution in [-0.4, -0.2) is 29.5 Å². The van der Waals surface area contributed by atoms with Gasteiger partial charge in [-0.3, -0.25) is 4.79 Å². The van der Waals surface area contributed by atoms with Gasteiger partial charge < -0.3 is 10.8 Å². The highest BCUT2D eigenvalue weighted by Crippen LogP contribution is 2.24. The molecule has 1 aromatic heterocycles. The van der Waals surface area contributed by atoms with E-state index in [2.05, 4.69) is 14.7 Å². The Bertz CT molecular complexity index is 1050. The van der Waals surface area contributed by atoms with Crippen LogP contribution in [-0.2, 0) is 14.8 Å². The lowest BCUT2D eigenvalue weighted by Crippen LogP contribution is -2.18. The minimum atomic E-state index is -3.89. The number of hydrogen-bond donors (Lipinski definition) is 3. The van der Waals surface area contributed by atoms with Crippen LogP contribution in [0.1, 0.15) is 18.0 Å². The quantitative estimate of drug-likeness (QED) is 0.601. The van der Waals surface area contributed by atoms with Gasteiger partial charge in [-0.2, -0.15) is 0 Å². The van der Waals surface area contributed by atoms with Crippen LogP contribution in [0.5, 0.6) is 0 Å². The van der Waals surface area contributed by atoms with Crippen LogP contribution in [0.2, 0.25) is 0 Å². The number of carboxylic acids is 1. The molecule has 2 aromatic carbocycles. The van der Waals surface area contributed by atoms with Crippen molar-refractivity contribution in [1.29, 1.82) is 0 Å². The maximum atomic E-state index is 12.7. The van der Waals surface area contributed by atoms with Gasteiger partial charge in [0, 0.05) is 29.4 Å². The number of rotatable bonds is 6. The molecule has 0 unspecified atom stereocenters. The number of aromatic nitrogens is 2. The van der Waals surface area contributed by atoms with E-state index < -0.39 is 22.0 Å². The number of nitrogens with one attached hydrogen (secondary N) is 1. The normalized spacial score (nSPS) is 12.7. The van der Waals surface area contributed by atoms with E-state index in [-0.39, 0.29) is 17.3 Å². The number of carbonyl (C=O) groups is 1. The number of aliphatic carboxylic acids is 1. The van der Waals surface area contributed by atoms with Crippen molar-refractivity contribution < 1.29 is 18.3 Å². The third-order valence-electron chi connectivity index (χ3n) is 3.76. The summed E-state index contributed by atoms with van der Waals surface area (Å²) in [5.74, 6) is -1.16. The van der Waals surface area contributed by atoms with Crippen molar-refractivity contribution in [2.45, 2.75) is 17.4 Å². The maximum Gasteiger partial charge on any atom is 0.305 e. The van der Waals surface area contributed by atoms with Crippen LogP contribution in [0, 0.1) is 0 Å². The molecule has 3 rings (SSSR count). The smallest absolute Gasteiger partial charge is 0.305 e. The van der Waals surface area contributed by atoms with E-state index in [4.69, 9.17) is 10.8 Å². The van der Waals surface area contributed by atoms with Crippen LogP contribution >= 0.6 is 0 Å². The van der Waals surface area contributed by atoms with E-state index in [1.165, 1.54) is 18.5 Å². The molecule has 0 bridgehead atoms. The lowest BCUT2D eigenvalue weighted by atomic mass is 10.1. The van der Waals surface area contributed by atoms with Gasteiger partial charge in [-0.15, -0.1) is 0 Å². The number of anilines is 1. The average Bonchev–Trinajstić information content (AvgIpc) is 2.61. The van der Waals surface area contributed by atoms with Crippen LogP contribution in [0.4, 0.5) is 5.95 Å². The molecule has 0 saturated heterocycles. The Kier molecular flexibility index (Phi) is 4.83. The molecule has 26 heavy (non-hydrogen) atoms. The van der Waals surface area contributed by atoms with Gasteiger partial charge in [0.15, 0.2) is 0 Å². The van der Waals surface area contributed by atoms with Crippen molar-refractivity contribution in [1.82, 2.24) is 9.97 Å². The van der Waals surface area contributed by atoms with Crippen molar-refractivity contribution in [3.63, 3.8) is 0 Å². The zero-order chi connectivity index (χ0) is 18.7. The fraction of sp³-hybridized carbons (Fsp3) is 0.118. The maximum absolute atomic E-state index is 12.7. The summed E-state index contributed by atoms with van der Waals surface area (Å²) in [7, 11) is -3.89. The molecule has 0 aliphatic carbocycles. The largest absolute Gasteiger partial charge is 0.481 e. The second-order valence-corrected chi connectivity index (χ2v) is 7.28. The van der Waals surface area contributed by atoms with Crippen molar-refractivity contribution in [2.75, 3.05) is 4.72 Å². The monoisotopic (exact) mass is 372 g/mol. The number of hydrogen-bond acceptors (Lipinski definition) is 6. The fourth-order valence-corrected chi connectivity index (χ4v) is 3.68. The molecule has 0 radical (unpaired) electrons. The van der Waals surface area contributed by atoms with Gasteiger partial charge in [0.2, 0.25) is 5.95 Å². The Morgan fingerprint density at radius 3 is 2.46 bits per heavy atom. The topological polar surface area (TPSA) is 135 Å². The SMILES string of the molecule is N[C@@H](CC(=O)O)c1cnc(NS(=O)(=O)c2cccc3ccccc23)nc1. The zero-order valence-corrected chi connectivity index (χ0v) is 14.3. The van der Waals surface area contributed by atoms with Crippen LogP contribution in [0.3, 0.4) is 0 Å². The second kappa shape index (κ2) is 7.06. The second-order valence-electron chi connectivity index (χ2n) is 5.63. The van der Waals surface area contributed by atoms with Crippen molar-refractivity contribution >= 4 is 32.7 Å². The van der Waals surface area contributed by atoms with Gasteiger partial charge >= 0.3 is 5.97 Å². The van der Waals surface area contributed by atoms with Crippen molar-refractivity contribution in [3.8, 4) is 0 Å². The number of nitrogens with zero attached hydrogens (tertiary/aromatic N) is 2. The fourth-order valence-electron chi connectivity index (χ4n) is 2.49. The minimum Gasteiger partial charge on any atom is -0.481 e. The van der Waals surface area contributed by atoms with E-state index in [1.54, 1.807) is 18.2 Å². The summed E-state index contributed by atoms with van der Waals surface area (Å²) in [4.78, 5) is 18.7. The van der Waals surface area contributed by atoms with E-state index in [0.717, 1.165) is 5.39 Å². The van der Waals surface area contributed by atoms with Gasteiger partial charge in [0.05, 0.1) is 11.3 Å². The summed E-state index contributed by atoms with van der Waals surface area (Å²) >= 11 is 0. The first-order valence-electron chi connectivity index (χ1n) is 7.67. The summed E-state index contributed by atoms with van der Waals surface area (Å²) in [6, 6.07) is 11.3. The minimum absolute atomic E-state index is 0.117. The Labute approximate surface area is 149 Å². The molecule has 8 nitrogen and oxygen atoms in total. The zero-order valence-electron chi connectivity index (χ0n) is 13.5. The molecule has 1 atom stereocenters. The van der Waals surface area contributed by atoms with Crippen molar-refractivity contribution in [3.05, 3.63) is 60.4 Å². The van der Waals surface area contributed by atoms with E-state index >= 15 is 0 Å². The van der Waals surface area contributed by atoms with Gasteiger partial charge in [-0.25, -0.2) is 23.1 Å². The lowest BCUT2D eigenvalue weighted by Gasteiger charge is -2.11. The Hall–Kier alpha value is -3.04. The summed E-state index contributed by atoms with van der Waals surface area (Å²) in [5, 5.41) is 10.1. The van der Waals surface area contributed by atoms with Gasteiger partial charge in [0.25, 0.3) is 10.0 Å². The molecule has 134 valence electrons. The first-order chi connectivity index (χ1) is 12.4. The van der Waals surface area contributed by atoms with Crippen LogP contribution in [0.15, 0.2) is 59.8 Å². The van der Waals surface area contributed by atoms with Gasteiger partial charge in [-0.05, 0) is 11.5 Å². The molecular weight excluding hydrogens is 356 g/mol. The van der Waals surface area contributed by atoms with E-state index in [1.807, 2.05) is 18.2 Å². The first kappa shape index (κ1) is 17.8. The Morgan fingerprint density at radius 2 is 1.77 bits per heavy atom. The van der Waals surface area contributed by atoms with Crippen molar-refractivity contribution in [2.24, 2.45) is 5.73 Å². The summed E-state index contributed by atoms with van der Waals surface area (Å²) in [6.07, 6.45) is 2.34. The molecule has 0 amide bonds. The lowest BCUT2D eigenvalue weighted by molar-refractivity contribution is -0.137. The Morgan fingerprint density at radius 1 is 1.12 bits per heavy atom. The highest BCUT2D eigenvalue weighted by Gasteiger charge is 2.19. The molecule has 4 N–H and O–H groups in total. The molecule has 0 aliphatic heterocycles. The predicted molar refractivity (Wildman–Crippen MR) is 96.0 cm³/mol. The van der Waals surface area contributed by atoms with Gasteiger partial charge in [0.1, 0.15) is 0 Å². The van der Waals surface area contributed by atoms with Crippen LogP contribution in [0.25, 0.3) is 10.8 Å². The summed E-state index contributed by atoms with van der Waals surface area (Å²) in [6.45, 7) is 0. The first-order valence-corrected chi connectivity index (χ1v) is 9.15. The summed E-state index contributed by atoms with van der Waals surface area (Å²) < 4.78 is 27.7. The molecule has 3 aromatic rings. The molecule has 0 fully saturated rings. The third-order valence-corrected chi connectivity index (χ3v) is 5.15. The highest BCUT2D eigenvalue weighted by atomic mass is 32.2. The Balaban J connectivity index is 1.86. The number of benzene rings is 2. The predicted octanol–water partition coefficient (Wildman–Crippen LogP) is 1.91. The molecule has 0 saturated carbocycles. The van der Waals surface area contributed by atoms with Crippen LogP contribution < -0.4 is 10.5 Å². The standard InChI is InChI=1S/C17H16N4O4S/c18-14(8-16(22)23)12-9-19-17(20-10-12)21-26(24,25)15-7-3-5-11-4-1-2-6-13(11)15/h1-7,9-10,14H,8,18H2,(H,22,23)(H,19,20,21)/t14-/m0/s1. The molecule has 9 heteroatoms. The number of sulfonamides is 1. The van der Waals surface area contributed by atoms with Gasteiger partial charge in [-0.1, -0.05) is 36.4 Å². The van der Waals surface area contributed by atoms with E-state index in [9.17, 15) is 13.2 Å². The molecule has 0 aliphatic rings. The molecular formula is C17H16N4O4S. The van der Waals surface area contributed by atoms with E-state index in [0.29, 0.717) is 10.9 Å². The molecule has 1 heterocycles. The third kappa shape index (κ3) is 3.79. The highest BCUT2D eigenvalue weighted by molar-refractivity contribution is 7.93.